The quantitative estimate of drug-likeness (QED) is 0.284. The highest BCUT2D eigenvalue weighted by Gasteiger charge is 2.20. The van der Waals surface area contributed by atoms with Gasteiger partial charge in [-0.05, 0) is 20.8 Å². The van der Waals surface area contributed by atoms with E-state index in [0.717, 1.165) is 11.0 Å². The number of hydrogen-bond acceptors (Lipinski definition) is 0. The van der Waals surface area contributed by atoms with Crippen molar-refractivity contribution in [3.05, 3.63) is 71.8 Å². The van der Waals surface area contributed by atoms with Crippen LogP contribution in [0, 0.1) is 0 Å². The summed E-state index contributed by atoms with van der Waals surface area (Å²) in [6.07, 6.45) is 0. The molecule has 2 aromatic carbocycles. The standard InChI is InChI=1S/C13H22N.C10H16N.2HI/c1-4-14(5-2,6-3)12-13-10-8-7-9-11-13;1-11(2,3)9-10-7-5-4-6-8-10;;/h7-11H,4-6,12H2,1-3H3;4-8H,9H2,1-3H3;2*1H/q2*+1;;/p-2. The average molecular weight is 596 g/mol. The summed E-state index contributed by atoms with van der Waals surface area (Å²) in [6, 6.07) is 21.4. The maximum Gasteiger partial charge on any atom is 0.104 e. The van der Waals surface area contributed by atoms with Crippen LogP contribution >= 0.6 is 0 Å². The number of halogens is 2. The summed E-state index contributed by atoms with van der Waals surface area (Å²) < 4.78 is 2.19. The Hall–Kier alpha value is -0.180. The van der Waals surface area contributed by atoms with Crippen LogP contribution in [0.25, 0.3) is 0 Å². The Bertz CT molecular complexity index is 568. The second kappa shape index (κ2) is 14.8. The lowest BCUT2D eigenvalue weighted by Crippen LogP contribution is -3.00. The molecule has 0 amide bonds. The minimum absolute atomic E-state index is 0. The molecule has 0 aliphatic rings. The van der Waals surface area contributed by atoms with E-state index in [1.165, 1.54) is 41.8 Å². The lowest BCUT2D eigenvalue weighted by atomic mass is 10.2. The van der Waals surface area contributed by atoms with Crippen molar-refractivity contribution in [1.82, 2.24) is 0 Å². The van der Waals surface area contributed by atoms with Gasteiger partial charge in [0.25, 0.3) is 0 Å². The van der Waals surface area contributed by atoms with Gasteiger partial charge in [0, 0.05) is 11.1 Å². The van der Waals surface area contributed by atoms with Gasteiger partial charge in [-0.25, -0.2) is 0 Å². The Balaban J connectivity index is 0. The van der Waals surface area contributed by atoms with Crippen molar-refractivity contribution >= 4 is 0 Å². The van der Waals surface area contributed by atoms with E-state index in [9.17, 15) is 0 Å². The average Bonchev–Trinajstić information content (AvgIpc) is 2.61. The van der Waals surface area contributed by atoms with Gasteiger partial charge in [0.2, 0.25) is 0 Å². The Kier molecular flexibility index (Phi) is 15.9. The SMILES string of the molecule is CC[N+](CC)(CC)Cc1ccccc1.C[N+](C)(C)Cc1ccccc1.[I-].[I-]. The monoisotopic (exact) mass is 596 g/mol. The molecule has 0 aliphatic heterocycles. The van der Waals surface area contributed by atoms with Gasteiger partial charge < -0.3 is 56.9 Å². The fraction of sp³-hybridized carbons (Fsp3) is 0.478. The Morgan fingerprint density at radius 2 is 0.889 bits per heavy atom. The first-order chi connectivity index (χ1) is 11.8. The minimum atomic E-state index is 0. The van der Waals surface area contributed by atoms with Gasteiger partial charge >= 0.3 is 0 Å². The molecule has 2 aromatic rings. The fourth-order valence-electron chi connectivity index (χ4n) is 3.11. The van der Waals surface area contributed by atoms with Gasteiger partial charge in [0.15, 0.2) is 0 Å². The Labute approximate surface area is 202 Å². The van der Waals surface area contributed by atoms with E-state index in [4.69, 9.17) is 0 Å². The van der Waals surface area contributed by atoms with Crippen molar-refractivity contribution < 1.29 is 56.9 Å². The summed E-state index contributed by atoms with van der Waals surface area (Å²) in [6.45, 7) is 12.8. The molecule has 154 valence electrons. The lowest BCUT2D eigenvalue weighted by Gasteiger charge is -2.35. The molecule has 0 radical (unpaired) electrons. The predicted molar refractivity (Wildman–Crippen MR) is 110 cm³/mol. The van der Waals surface area contributed by atoms with Crippen LogP contribution in [0.3, 0.4) is 0 Å². The zero-order valence-corrected chi connectivity index (χ0v) is 22.3. The van der Waals surface area contributed by atoms with Crippen LogP contribution in [0.15, 0.2) is 60.7 Å². The zero-order chi connectivity index (χ0) is 18.8. The van der Waals surface area contributed by atoms with Crippen molar-refractivity contribution in [2.75, 3.05) is 40.8 Å². The van der Waals surface area contributed by atoms with Crippen LogP contribution in [0.2, 0.25) is 0 Å². The van der Waals surface area contributed by atoms with E-state index >= 15 is 0 Å². The molecule has 0 unspecified atom stereocenters. The molecule has 0 saturated carbocycles. The van der Waals surface area contributed by atoms with Crippen molar-refractivity contribution in [2.45, 2.75) is 33.9 Å². The lowest BCUT2D eigenvalue weighted by molar-refractivity contribution is -0.936. The summed E-state index contributed by atoms with van der Waals surface area (Å²) in [5, 5.41) is 0. The molecule has 2 rings (SSSR count). The van der Waals surface area contributed by atoms with Crippen LogP contribution in [-0.4, -0.2) is 49.7 Å². The van der Waals surface area contributed by atoms with Gasteiger partial charge in [-0.15, -0.1) is 0 Å². The predicted octanol–water partition coefficient (Wildman–Crippen LogP) is -1.04. The number of rotatable bonds is 7. The highest BCUT2D eigenvalue weighted by Crippen LogP contribution is 2.13. The van der Waals surface area contributed by atoms with E-state index in [1.807, 2.05) is 0 Å². The third-order valence-corrected chi connectivity index (χ3v) is 4.87. The number of quaternary nitrogens is 2. The molecule has 0 bridgehead atoms. The minimum Gasteiger partial charge on any atom is -1.00 e. The van der Waals surface area contributed by atoms with Gasteiger partial charge in [0.05, 0.1) is 40.8 Å². The van der Waals surface area contributed by atoms with Crippen molar-refractivity contribution in [3.8, 4) is 0 Å². The van der Waals surface area contributed by atoms with Gasteiger partial charge in [-0.3, -0.25) is 0 Å². The number of hydrogen-bond donors (Lipinski definition) is 0. The molecule has 0 aliphatic carbocycles. The molecule has 0 atom stereocenters. The topological polar surface area (TPSA) is 0 Å². The van der Waals surface area contributed by atoms with Crippen molar-refractivity contribution in [3.63, 3.8) is 0 Å². The first-order valence-corrected chi connectivity index (χ1v) is 9.57. The molecule has 2 nitrogen and oxygen atoms in total. The van der Waals surface area contributed by atoms with Crippen LogP contribution in [-0.2, 0) is 13.1 Å². The van der Waals surface area contributed by atoms with Crippen LogP contribution in [0.1, 0.15) is 31.9 Å². The van der Waals surface area contributed by atoms with Gasteiger partial charge in [-0.2, -0.15) is 0 Å². The van der Waals surface area contributed by atoms with E-state index in [2.05, 4.69) is 103 Å². The summed E-state index contributed by atoms with van der Waals surface area (Å²) in [7, 11) is 6.60. The molecule has 0 saturated heterocycles. The van der Waals surface area contributed by atoms with Crippen molar-refractivity contribution in [2.24, 2.45) is 0 Å². The fourth-order valence-corrected chi connectivity index (χ4v) is 3.11. The molecule has 27 heavy (non-hydrogen) atoms. The second-order valence-corrected chi connectivity index (χ2v) is 7.87. The van der Waals surface area contributed by atoms with E-state index in [-0.39, 0.29) is 48.0 Å². The van der Waals surface area contributed by atoms with Crippen molar-refractivity contribution in [1.29, 1.82) is 0 Å². The van der Waals surface area contributed by atoms with E-state index in [1.54, 1.807) is 0 Å². The summed E-state index contributed by atoms with van der Waals surface area (Å²) in [5.41, 5.74) is 2.86. The largest absolute Gasteiger partial charge is 1.00 e. The first kappa shape index (κ1) is 29.0. The van der Waals surface area contributed by atoms with Gasteiger partial charge in [0.1, 0.15) is 13.1 Å². The number of benzene rings is 2. The van der Waals surface area contributed by atoms with Crippen LogP contribution in [0.4, 0.5) is 0 Å². The summed E-state index contributed by atoms with van der Waals surface area (Å²) >= 11 is 0. The summed E-state index contributed by atoms with van der Waals surface area (Å²) in [4.78, 5) is 0. The number of nitrogens with zero attached hydrogens (tertiary/aromatic N) is 2. The maximum atomic E-state index is 2.29. The molecular weight excluding hydrogens is 558 g/mol. The highest BCUT2D eigenvalue weighted by atomic mass is 127. The molecule has 0 spiro atoms. The third-order valence-electron chi connectivity index (χ3n) is 4.87. The molecule has 4 heteroatoms. The first-order valence-electron chi connectivity index (χ1n) is 9.57. The summed E-state index contributed by atoms with van der Waals surface area (Å²) in [5.74, 6) is 0. The molecular formula is C23H38I2N2. The van der Waals surface area contributed by atoms with Gasteiger partial charge in [-0.1, -0.05) is 60.7 Å². The Morgan fingerprint density at radius 1 is 0.556 bits per heavy atom. The maximum absolute atomic E-state index is 2.29. The zero-order valence-electron chi connectivity index (χ0n) is 18.0. The van der Waals surface area contributed by atoms with E-state index < -0.39 is 0 Å². The second-order valence-electron chi connectivity index (χ2n) is 7.87. The smallest absolute Gasteiger partial charge is 0.104 e. The van der Waals surface area contributed by atoms with Crippen LogP contribution in [0.5, 0.6) is 0 Å². The normalized spacial score (nSPS) is 10.7. The molecule has 0 fully saturated rings. The molecule has 0 N–H and O–H groups in total. The van der Waals surface area contributed by atoms with Crippen LogP contribution < -0.4 is 48.0 Å². The Morgan fingerprint density at radius 3 is 1.19 bits per heavy atom. The molecule has 0 aromatic heterocycles. The van der Waals surface area contributed by atoms with E-state index in [0.29, 0.717) is 0 Å². The third kappa shape index (κ3) is 12.1. The highest BCUT2D eigenvalue weighted by molar-refractivity contribution is 5.14. The molecule has 0 heterocycles.